The van der Waals surface area contributed by atoms with Gasteiger partial charge in [0, 0.05) is 18.5 Å². The third kappa shape index (κ3) is 6.94. The summed E-state index contributed by atoms with van der Waals surface area (Å²) in [6.45, 7) is 7.35. The number of amides is 1. The first-order valence-electron chi connectivity index (χ1n) is 8.24. The van der Waals surface area contributed by atoms with Gasteiger partial charge in [0.15, 0.2) is 0 Å². The van der Waals surface area contributed by atoms with E-state index in [0.717, 1.165) is 31.4 Å². The zero-order valence-corrected chi connectivity index (χ0v) is 14.2. The molecule has 0 aliphatic rings. The molecule has 0 fully saturated rings. The van der Waals surface area contributed by atoms with E-state index in [1.807, 2.05) is 31.2 Å². The number of unbranched alkanes of at least 4 members (excludes halogenated alkanes) is 1. The summed E-state index contributed by atoms with van der Waals surface area (Å²) >= 11 is 0. The molecular weight excluding hydrogens is 276 g/mol. The second-order valence-electron chi connectivity index (χ2n) is 5.97. The number of ether oxygens (including phenoxy) is 1. The van der Waals surface area contributed by atoms with Gasteiger partial charge in [-0.2, -0.15) is 0 Å². The zero-order chi connectivity index (χ0) is 16.4. The quantitative estimate of drug-likeness (QED) is 0.653. The van der Waals surface area contributed by atoms with Crippen molar-refractivity contribution >= 4 is 5.91 Å². The van der Waals surface area contributed by atoms with E-state index in [9.17, 15) is 4.79 Å². The number of carbonyl (C=O) groups excluding carboxylic acids is 1. The second kappa shape index (κ2) is 9.46. The highest BCUT2D eigenvalue weighted by atomic mass is 16.5. The molecule has 0 unspecified atom stereocenters. The predicted molar refractivity (Wildman–Crippen MR) is 91.0 cm³/mol. The number of rotatable bonds is 10. The first kappa shape index (κ1) is 18.5. The van der Waals surface area contributed by atoms with Crippen molar-refractivity contribution in [1.82, 2.24) is 5.32 Å². The van der Waals surface area contributed by atoms with Crippen molar-refractivity contribution in [2.24, 2.45) is 5.73 Å². The largest absolute Gasteiger partial charge is 0.494 e. The summed E-state index contributed by atoms with van der Waals surface area (Å²) in [4.78, 5) is 11.8. The Kier molecular flexibility index (Phi) is 7.96. The fraction of sp³-hybridized carbons (Fsp3) is 0.611. The smallest absolute Gasteiger partial charge is 0.220 e. The van der Waals surface area contributed by atoms with Crippen LogP contribution in [0.5, 0.6) is 5.75 Å². The molecule has 0 spiro atoms. The van der Waals surface area contributed by atoms with E-state index in [1.165, 1.54) is 5.56 Å². The monoisotopic (exact) mass is 306 g/mol. The number of carbonyl (C=O) groups is 1. The molecular formula is C18H30N2O2. The van der Waals surface area contributed by atoms with Gasteiger partial charge in [-0.1, -0.05) is 26.0 Å². The van der Waals surface area contributed by atoms with Crippen molar-refractivity contribution < 1.29 is 9.53 Å². The van der Waals surface area contributed by atoms with E-state index >= 15 is 0 Å². The minimum absolute atomic E-state index is 0.0762. The van der Waals surface area contributed by atoms with Crippen LogP contribution in [0.25, 0.3) is 0 Å². The van der Waals surface area contributed by atoms with Crippen LogP contribution in [0.3, 0.4) is 0 Å². The van der Waals surface area contributed by atoms with Crippen LogP contribution in [-0.4, -0.2) is 24.6 Å². The Bertz CT molecular complexity index is 456. The molecule has 1 rings (SSSR count). The zero-order valence-electron chi connectivity index (χ0n) is 14.2. The summed E-state index contributed by atoms with van der Waals surface area (Å²) in [5, 5.41) is 2.94. The van der Waals surface area contributed by atoms with Crippen LogP contribution in [0.1, 0.15) is 51.5 Å². The van der Waals surface area contributed by atoms with Gasteiger partial charge in [-0.15, -0.1) is 0 Å². The van der Waals surface area contributed by atoms with Crippen LogP contribution in [0.2, 0.25) is 0 Å². The molecule has 1 aromatic rings. The fourth-order valence-corrected chi connectivity index (χ4v) is 2.15. The van der Waals surface area contributed by atoms with E-state index in [4.69, 9.17) is 10.5 Å². The summed E-state index contributed by atoms with van der Waals surface area (Å²) in [6.07, 6.45) is 3.97. The summed E-state index contributed by atoms with van der Waals surface area (Å²) in [6, 6.07) is 8.00. The fourth-order valence-electron chi connectivity index (χ4n) is 2.15. The lowest BCUT2D eigenvalue weighted by Crippen LogP contribution is -2.49. The third-order valence-electron chi connectivity index (χ3n) is 4.10. The number of benzene rings is 1. The Morgan fingerprint density at radius 1 is 1.27 bits per heavy atom. The number of hydrogen-bond donors (Lipinski definition) is 2. The van der Waals surface area contributed by atoms with Gasteiger partial charge >= 0.3 is 0 Å². The first-order valence-corrected chi connectivity index (χ1v) is 8.24. The number of aryl methyl sites for hydroxylation is 1. The van der Waals surface area contributed by atoms with Crippen LogP contribution in [0.4, 0.5) is 0 Å². The molecule has 0 aromatic heterocycles. The van der Waals surface area contributed by atoms with Gasteiger partial charge < -0.3 is 15.8 Å². The lowest BCUT2D eigenvalue weighted by molar-refractivity contribution is -0.121. The maximum Gasteiger partial charge on any atom is 0.220 e. The Morgan fingerprint density at radius 2 is 2.00 bits per heavy atom. The molecule has 0 atom stereocenters. The molecule has 0 saturated heterocycles. The van der Waals surface area contributed by atoms with E-state index in [-0.39, 0.29) is 11.4 Å². The van der Waals surface area contributed by atoms with Gasteiger partial charge in [0.2, 0.25) is 5.91 Å². The Balaban J connectivity index is 2.13. The molecule has 124 valence electrons. The lowest BCUT2D eigenvalue weighted by atomic mass is 9.94. The van der Waals surface area contributed by atoms with Crippen LogP contribution >= 0.6 is 0 Å². The minimum atomic E-state index is -0.274. The molecule has 1 aromatic carbocycles. The van der Waals surface area contributed by atoms with Gasteiger partial charge in [-0.3, -0.25) is 4.79 Å². The number of nitrogens with two attached hydrogens (primary N) is 1. The molecule has 0 aliphatic carbocycles. The van der Waals surface area contributed by atoms with Crippen molar-refractivity contribution in [3.8, 4) is 5.75 Å². The molecule has 22 heavy (non-hydrogen) atoms. The summed E-state index contributed by atoms with van der Waals surface area (Å²) in [5.74, 6) is 0.968. The van der Waals surface area contributed by atoms with E-state index in [2.05, 4.69) is 19.2 Å². The molecule has 3 N–H and O–H groups in total. The van der Waals surface area contributed by atoms with E-state index in [1.54, 1.807) is 0 Å². The molecule has 0 radical (unpaired) electrons. The maximum atomic E-state index is 11.8. The van der Waals surface area contributed by atoms with Crippen LogP contribution < -0.4 is 15.8 Å². The van der Waals surface area contributed by atoms with Crippen molar-refractivity contribution in [3.05, 3.63) is 29.8 Å². The van der Waals surface area contributed by atoms with Gasteiger partial charge in [0.1, 0.15) is 5.75 Å². The predicted octanol–water partition coefficient (Wildman–Crippen LogP) is 3.18. The number of nitrogens with one attached hydrogen (secondary N) is 1. The molecule has 4 nitrogen and oxygen atoms in total. The minimum Gasteiger partial charge on any atom is -0.494 e. The van der Waals surface area contributed by atoms with Crippen molar-refractivity contribution in [3.63, 3.8) is 0 Å². The standard InChI is InChI=1S/C18H30N2O2/c1-4-18(19,5-2)14-20-17(21)11-6-7-12-22-16-10-8-9-15(3)13-16/h8-10,13H,4-7,11-12,14,19H2,1-3H3,(H,20,21). The lowest BCUT2D eigenvalue weighted by Gasteiger charge is -2.26. The van der Waals surface area contributed by atoms with Gasteiger partial charge in [-0.05, 0) is 50.3 Å². The Morgan fingerprint density at radius 3 is 2.64 bits per heavy atom. The summed E-state index contributed by atoms with van der Waals surface area (Å²) in [5.41, 5.74) is 7.08. The molecule has 1 amide bonds. The maximum absolute atomic E-state index is 11.8. The molecule has 0 heterocycles. The van der Waals surface area contributed by atoms with Gasteiger partial charge in [0.05, 0.1) is 6.61 Å². The highest BCUT2D eigenvalue weighted by Gasteiger charge is 2.20. The first-order chi connectivity index (χ1) is 10.5. The van der Waals surface area contributed by atoms with Crippen molar-refractivity contribution in [2.75, 3.05) is 13.2 Å². The van der Waals surface area contributed by atoms with Crippen LogP contribution in [0.15, 0.2) is 24.3 Å². The Labute approximate surface area is 134 Å². The molecule has 4 heteroatoms. The average molecular weight is 306 g/mol. The van der Waals surface area contributed by atoms with Gasteiger partial charge in [-0.25, -0.2) is 0 Å². The molecule has 0 saturated carbocycles. The van der Waals surface area contributed by atoms with Crippen molar-refractivity contribution in [2.45, 2.75) is 58.4 Å². The normalized spacial score (nSPS) is 11.3. The average Bonchev–Trinajstić information content (AvgIpc) is 2.52. The number of hydrogen-bond acceptors (Lipinski definition) is 3. The Hall–Kier alpha value is -1.55. The highest BCUT2D eigenvalue weighted by molar-refractivity contribution is 5.75. The highest BCUT2D eigenvalue weighted by Crippen LogP contribution is 2.13. The van der Waals surface area contributed by atoms with Crippen LogP contribution in [0, 0.1) is 6.92 Å². The van der Waals surface area contributed by atoms with Gasteiger partial charge in [0.25, 0.3) is 0 Å². The van der Waals surface area contributed by atoms with Crippen LogP contribution in [-0.2, 0) is 4.79 Å². The summed E-state index contributed by atoms with van der Waals surface area (Å²) < 4.78 is 5.67. The topological polar surface area (TPSA) is 64.3 Å². The SMILES string of the molecule is CCC(N)(CC)CNC(=O)CCCCOc1cccc(C)c1. The summed E-state index contributed by atoms with van der Waals surface area (Å²) in [7, 11) is 0. The molecule has 0 bridgehead atoms. The van der Waals surface area contributed by atoms with E-state index < -0.39 is 0 Å². The van der Waals surface area contributed by atoms with Crippen molar-refractivity contribution in [1.29, 1.82) is 0 Å². The molecule has 0 aliphatic heterocycles. The third-order valence-corrected chi connectivity index (χ3v) is 4.10. The van der Waals surface area contributed by atoms with E-state index in [0.29, 0.717) is 19.6 Å². The second-order valence-corrected chi connectivity index (χ2v) is 5.97.